The molecule has 0 bridgehead atoms. The predicted octanol–water partition coefficient (Wildman–Crippen LogP) is 3.41. The Kier molecular flexibility index (Phi) is 3.28. The molecular formula is C18H15N3OS. The van der Waals surface area contributed by atoms with Gasteiger partial charge in [-0.25, -0.2) is 0 Å². The maximum absolute atomic E-state index is 12.4. The normalized spacial score (nSPS) is 13.7. The molecule has 0 N–H and O–H groups in total. The Morgan fingerprint density at radius 1 is 1.26 bits per heavy atom. The zero-order valence-corrected chi connectivity index (χ0v) is 13.6. The van der Waals surface area contributed by atoms with Crippen molar-refractivity contribution in [2.24, 2.45) is 7.05 Å². The number of hydrogen-bond donors (Lipinski definition) is 0. The Labute approximate surface area is 137 Å². The number of thiophene rings is 1. The van der Waals surface area contributed by atoms with Gasteiger partial charge in [0.05, 0.1) is 21.3 Å². The number of nitrogens with zero attached hydrogens (tertiary/aromatic N) is 3. The molecule has 5 heteroatoms. The van der Waals surface area contributed by atoms with Gasteiger partial charge in [-0.3, -0.25) is 4.79 Å². The minimum atomic E-state index is -0.232. The lowest BCUT2D eigenvalue weighted by molar-refractivity contribution is 0.696. The summed E-state index contributed by atoms with van der Waals surface area (Å²) in [7, 11) is 1.91. The van der Waals surface area contributed by atoms with Gasteiger partial charge in [0, 0.05) is 11.9 Å². The molecule has 0 unspecified atom stereocenters. The second-order valence-corrected chi connectivity index (χ2v) is 6.95. The Morgan fingerprint density at radius 3 is 2.87 bits per heavy atom. The van der Waals surface area contributed by atoms with Crippen LogP contribution in [0.15, 0.2) is 29.1 Å². The summed E-state index contributed by atoms with van der Waals surface area (Å²) >= 11 is 1.63. The van der Waals surface area contributed by atoms with Crippen LogP contribution in [0.5, 0.6) is 0 Å². The van der Waals surface area contributed by atoms with Crippen LogP contribution in [0, 0.1) is 11.3 Å². The molecule has 0 atom stereocenters. The Balaban J connectivity index is 2.04. The standard InChI is InChI=1S/C18H15N3OS/c1-21-14-8-4-2-7-12(14)18(22)20-17(21)16-13(10-19)11-6-3-5-9-15(11)23-16/h2,4,7-8H,3,5-6,9H2,1H3. The molecule has 2 heterocycles. The van der Waals surface area contributed by atoms with E-state index in [0.29, 0.717) is 16.8 Å². The molecule has 4 rings (SSSR count). The second-order valence-electron chi connectivity index (χ2n) is 5.84. The fourth-order valence-corrected chi connectivity index (χ4v) is 4.70. The van der Waals surface area contributed by atoms with Gasteiger partial charge in [-0.15, -0.1) is 11.3 Å². The average molecular weight is 321 g/mol. The molecule has 0 radical (unpaired) electrons. The molecule has 2 aromatic heterocycles. The van der Waals surface area contributed by atoms with Crippen LogP contribution in [-0.4, -0.2) is 9.55 Å². The zero-order chi connectivity index (χ0) is 16.0. The lowest BCUT2D eigenvalue weighted by Gasteiger charge is -2.10. The summed E-state index contributed by atoms with van der Waals surface area (Å²) in [5.74, 6) is 0.602. The zero-order valence-electron chi connectivity index (χ0n) is 12.8. The largest absolute Gasteiger partial charge is 0.327 e. The van der Waals surface area contributed by atoms with E-state index in [0.717, 1.165) is 29.7 Å². The summed E-state index contributed by atoms with van der Waals surface area (Å²) in [5.41, 5.74) is 2.49. The first-order valence-corrected chi connectivity index (χ1v) is 8.53. The number of aryl methyl sites for hydroxylation is 2. The van der Waals surface area contributed by atoms with Gasteiger partial charge in [0.15, 0.2) is 5.82 Å². The number of fused-ring (bicyclic) bond motifs is 2. The average Bonchev–Trinajstić information content (AvgIpc) is 2.96. The molecule has 1 aliphatic rings. The van der Waals surface area contributed by atoms with Crippen molar-refractivity contribution in [3.63, 3.8) is 0 Å². The van der Waals surface area contributed by atoms with E-state index in [2.05, 4.69) is 11.1 Å². The number of benzene rings is 1. The lowest BCUT2D eigenvalue weighted by Crippen LogP contribution is -2.14. The van der Waals surface area contributed by atoms with Crippen LogP contribution in [0.1, 0.15) is 28.8 Å². The smallest absolute Gasteiger partial charge is 0.281 e. The molecule has 0 fully saturated rings. The monoisotopic (exact) mass is 321 g/mol. The molecular weight excluding hydrogens is 306 g/mol. The van der Waals surface area contributed by atoms with Crippen molar-refractivity contribution >= 4 is 22.2 Å². The third-order valence-electron chi connectivity index (χ3n) is 4.51. The van der Waals surface area contributed by atoms with Crippen LogP contribution in [0.2, 0.25) is 0 Å². The van der Waals surface area contributed by atoms with E-state index in [1.165, 1.54) is 16.9 Å². The third kappa shape index (κ3) is 2.10. The van der Waals surface area contributed by atoms with Gasteiger partial charge in [0.25, 0.3) is 5.56 Å². The minimum Gasteiger partial charge on any atom is -0.327 e. The minimum absolute atomic E-state index is 0.232. The highest BCUT2D eigenvalue weighted by molar-refractivity contribution is 7.15. The fourth-order valence-electron chi connectivity index (χ4n) is 3.34. The summed E-state index contributed by atoms with van der Waals surface area (Å²) in [6, 6.07) is 9.82. The summed E-state index contributed by atoms with van der Waals surface area (Å²) in [6.45, 7) is 0. The molecule has 0 saturated heterocycles. The summed E-state index contributed by atoms with van der Waals surface area (Å²) in [5, 5.41) is 10.2. The van der Waals surface area contributed by atoms with Crippen LogP contribution in [0.25, 0.3) is 21.6 Å². The van der Waals surface area contributed by atoms with Crippen LogP contribution in [-0.2, 0) is 19.9 Å². The van der Waals surface area contributed by atoms with Crippen LogP contribution >= 0.6 is 11.3 Å². The number of rotatable bonds is 1. The van der Waals surface area contributed by atoms with E-state index >= 15 is 0 Å². The summed E-state index contributed by atoms with van der Waals surface area (Å²) in [4.78, 5) is 18.8. The molecule has 0 spiro atoms. The van der Waals surface area contributed by atoms with Crippen molar-refractivity contribution in [3.05, 3.63) is 50.6 Å². The van der Waals surface area contributed by atoms with Gasteiger partial charge in [0.2, 0.25) is 0 Å². The Morgan fingerprint density at radius 2 is 2.04 bits per heavy atom. The van der Waals surface area contributed by atoms with Crippen molar-refractivity contribution < 1.29 is 0 Å². The summed E-state index contributed by atoms with van der Waals surface area (Å²) < 4.78 is 1.93. The van der Waals surface area contributed by atoms with Gasteiger partial charge in [-0.2, -0.15) is 10.2 Å². The molecule has 0 amide bonds. The molecule has 0 aliphatic heterocycles. The van der Waals surface area contributed by atoms with Crippen molar-refractivity contribution in [1.82, 2.24) is 9.55 Å². The number of aromatic nitrogens is 2. The highest BCUT2D eigenvalue weighted by atomic mass is 32.1. The van der Waals surface area contributed by atoms with Gasteiger partial charge < -0.3 is 4.57 Å². The maximum atomic E-state index is 12.4. The topological polar surface area (TPSA) is 58.7 Å². The second kappa shape index (κ2) is 5.32. The van der Waals surface area contributed by atoms with Gasteiger partial charge in [-0.1, -0.05) is 12.1 Å². The molecule has 3 aromatic rings. The van der Waals surface area contributed by atoms with E-state index in [9.17, 15) is 10.1 Å². The number of hydrogen-bond acceptors (Lipinski definition) is 4. The molecule has 1 aliphatic carbocycles. The van der Waals surface area contributed by atoms with E-state index in [4.69, 9.17) is 0 Å². The van der Waals surface area contributed by atoms with E-state index in [-0.39, 0.29) is 5.56 Å². The third-order valence-corrected chi connectivity index (χ3v) is 5.79. The molecule has 0 saturated carbocycles. The quantitative estimate of drug-likeness (QED) is 0.690. The van der Waals surface area contributed by atoms with E-state index in [1.807, 2.05) is 29.8 Å². The number of nitriles is 1. The van der Waals surface area contributed by atoms with Crippen molar-refractivity contribution in [3.8, 4) is 16.8 Å². The van der Waals surface area contributed by atoms with Crippen molar-refractivity contribution in [1.29, 1.82) is 5.26 Å². The lowest BCUT2D eigenvalue weighted by atomic mass is 9.95. The van der Waals surface area contributed by atoms with Gasteiger partial charge >= 0.3 is 0 Å². The highest BCUT2D eigenvalue weighted by Gasteiger charge is 2.24. The highest BCUT2D eigenvalue weighted by Crippen LogP contribution is 2.39. The predicted molar refractivity (Wildman–Crippen MR) is 91.7 cm³/mol. The number of para-hydroxylation sites is 1. The van der Waals surface area contributed by atoms with Gasteiger partial charge in [0.1, 0.15) is 6.07 Å². The van der Waals surface area contributed by atoms with Crippen LogP contribution < -0.4 is 5.56 Å². The van der Waals surface area contributed by atoms with E-state index in [1.54, 1.807) is 17.4 Å². The van der Waals surface area contributed by atoms with Crippen molar-refractivity contribution in [2.75, 3.05) is 0 Å². The SMILES string of the molecule is Cn1c(-c2sc3c(c2C#N)CCCC3)nc(=O)c2ccccc21. The fraction of sp³-hybridized carbons (Fsp3) is 0.278. The van der Waals surface area contributed by atoms with E-state index < -0.39 is 0 Å². The Hall–Kier alpha value is -2.45. The molecule has 114 valence electrons. The van der Waals surface area contributed by atoms with Crippen LogP contribution in [0.3, 0.4) is 0 Å². The first-order valence-electron chi connectivity index (χ1n) is 7.71. The maximum Gasteiger partial charge on any atom is 0.281 e. The first kappa shape index (κ1) is 14.2. The van der Waals surface area contributed by atoms with Crippen molar-refractivity contribution in [2.45, 2.75) is 25.7 Å². The van der Waals surface area contributed by atoms with Gasteiger partial charge in [-0.05, 0) is 43.4 Å². The summed E-state index contributed by atoms with van der Waals surface area (Å²) in [6.07, 6.45) is 4.27. The van der Waals surface area contributed by atoms with Crippen LogP contribution in [0.4, 0.5) is 0 Å². The Bertz CT molecular complexity index is 1020. The molecule has 1 aromatic carbocycles. The molecule has 4 nitrogen and oxygen atoms in total. The first-order chi connectivity index (χ1) is 11.2. The molecule has 23 heavy (non-hydrogen) atoms.